The summed E-state index contributed by atoms with van der Waals surface area (Å²) in [6.45, 7) is 11.1. The fourth-order valence-corrected chi connectivity index (χ4v) is 5.41. The van der Waals surface area contributed by atoms with Gasteiger partial charge in [0.2, 0.25) is 5.91 Å². The van der Waals surface area contributed by atoms with Crippen LogP contribution < -0.4 is 10.6 Å². The van der Waals surface area contributed by atoms with Crippen molar-refractivity contribution in [3.05, 3.63) is 22.4 Å². The van der Waals surface area contributed by atoms with Crippen LogP contribution in [0.2, 0.25) is 0 Å². The Balaban J connectivity index is 1.45. The molecule has 0 spiro atoms. The van der Waals surface area contributed by atoms with Crippen molar-refractivity contribution in [3.8, 4) is 0 Å². The molecule has 2 N–H and O–H groups in total. The highest BCUT2D eigenvalue weighted by Gasteiger charge is 2.28. The highest BCUT2D eigenvalue weighted by molar-refractivity contribution is 7.80. The summed E-state index contributed by atoms with van der Waals surface area (Å²) in [4.78, 5) is 18.5. The largest absolute Gasteiger partial charge is 0.379 e. The molecule has 0 radical (unpaired) electrons. The van der Waals surface area contributed by atoms with Crippen LogP contribution in [-0.2, 0) is 16.1 Å². The average molecular weight is 467 g/mol. The normalized spacial score (nSPS) is 24.5. The first-order chi connectivity index (χ1) is 15.0. The van der Waals surface area contributed by atoms with E-state index >= 15 is 0 Å². The van der Waals surface area contributed by atoms with Crippen LogP contribution in [0.15, 0.2) is 17.5 Å². The zero-order valence-corrected chi connectivity index (χ0v) is 20.6. The van der Waals surface area contributed by atoms with Gasteiger partial charge in [-0.3, -0.25) is 9.69 Å². The highest BCUT2D eigenvalue weighted by atomic mass is 32.1. The lowest BCUT2D eigenvalue weighted by atomic mass is 9.78. The van der Waals surface area contributed by atoms with Crippen LogP contribution in [-0.4, -0.2) is 72.8 Å². The second-order valence-electron chi connectivity index (χ2n) is 8.91. The summed E-state index contributed by atoms with van der Waals surface area (Å²) < 4.78 is 5.44. The minimum Gasteiger partial charge on any atom is -0.379 e. The lowest BCUT2D eigenvalue weighted by Gasteiger charge is -2.34. The van der Waals surface area contributed by atoms with Crippen LogP contribution in [0.1, 0.15) is 44.4 Å². The van der Waals surface area contributed by atoms with Gasteiger partial charge in [0.15, 0.2) is 5.11 Å². The molecule has 31 heavy (non-hydrogen) atoms. The van der Waals surface area contributed by atoms with E-state index in [1.165, 1.54) is 17.7 Å². The number of rotatable bonds is 9. The molecule has 1 aliphatic heterocycles. The topological polar surface area (TPSA) is 56.8 Å². The first-order valence-corrected chi connectivity index (χ1v) is 13.0. The minimum absolute atomic E-state index is 0.0395. The zero-order valence-electron chi connectivity index (χ0n) is 19.0. The van der Waals surface area contributed by atoms with Crippen LogP contribution in [0.25, 0.3) is 0 Å². The minimum atomic E-state index is 0.0395. The molecule has 0 aromatic carbocycles. The van der Waals surface area contributed by atoms with E-state index in [1.807, 2.05) is 0 Å². The Labute approximate surface area is 196 Å². The van der Waals surface area contributed by atoms with Gasteiger partial charge in [0.05, 0.1) is 26.3 Å². The van der Waals surface area contributed by atoms with Crippen molar-refractivity contribution in [2.24, 2.45) is 11.8 Å². The van der Waals surface area contributed by atoms with E-state index in [0.717, 1.165) is 58.8 Å². The molecule has 1 saturated carbocycles. The number of nitrogens with one attached hydrogen (secondary N) is 2. The van der Waals surface area contributed by atoms with E-state index in [-0.39, 0.29) is 18.5 Å². The molecule has 0 unspecified atom stereocenters. The van der Waals surface area contributed by atoms with Crippen LogP contribution in [0, 0.1) is 11.8 Å². The Morgan fingerprint density at radius 2 is 2.13 bits per heavy atom. The number of nitrogens with zero attached hydrogens (tertiary/aromatic N) is 2. The Hall–Kier alpha value is -1.22. The van der Waals surface area contributed by atoms with E-state index in [1.54, 1.807) is 11.3 Å². The smallest absolute Gasteiger partial charge is 0.239 e. The number of amides is 1. The molecular formula is C23H38N4O2S2. The SMILES string of the molecule is C[C@@H]1[C@H](C)CCC[C@@H]1NC(=O)CNC(=S)N(CCCN1CCOCC1)Cc1cccs1. The summed E-state index contributed by atoms with van der Waals surface area (Å²) in [5, 5.41) is 9.20. The van der Waals surface area contributed by atoms with Crippen molar-refractivity contribution in [3.63, 3.8) is 0 Å². The zero-order chi connectivity index (χ0) is 22.1. The summed E-state index contributed by atoms with van der Waals surface area (Å²) in [5.74, 6) is 1.23. The molecule has 1 aliphatic carbocycles. The Kier molecular flexibility index (Phi) is 10.0. The first-order valence-electron chi connectivity index (χ1n) is 11.7. The predicted octanol–water partition coefficient (Wildman–Crippen LogP) is 3.09. The Morgan fingerprint density at radius 3 is 2.87 bits per heavy atom. The Bertz CT molecular complexity index is 679. The second-order valence-corrected chi connectivity index (χ2v) is 10.3. The number of morpholine rings is 1. The van der Waals surface area contributed by atoms with E-state index < -0.39 is 0 Å². The van der Waals surface area contributed by atoms with Crippen LogP contribution in [0.5, 0.6) is 0 Å². The molecule has 6 nitrogen and oxygen atoms in total. The van der Waals surface area contributed by atoms with Crippen LogP contribution >= 0.6 is 23.6 Å². The van der Waals surface area contributed by atoms with Crippen LogP contribution in [0.4, 0.5) is 0 Å². The van der Waals surface area contributed by atoms with Gasteiger partial charge in [-0.1, -0.05) is 32.8 Å². The standard InChI is InChI=1S/C23H38N4O2S2/c1-18-6-3-8-21(19(18)2)25-22(28)16-24-23(30)27(17-20-7-4-15-31-20)10-5-9-26-11-13-29-14-12-26/h4,7,15,18-19,21H,3,5-6,8-14,16-17H2,1-2H3,(H,24,30)(H,25,28)/t18-,19-,21+/m1/s1. The lowest BCUT2D eigenvalue weighted by molar-refractivity contribution is -0.121. The maximum Gasteiger partial charge on any atom is 0.239 e. The van der Waals surface area contributed by atoms with Gasteiger partial charge in [-0.05, 0) is 48.3 Å². The maximum absolute atomic E-state index is 12.6. The number of thiocarbonyl (C=S) groups is 1. The molecule has 1 amide bonds. The van der Waals surface area contributed by atoms with Gasteiger partial charge >= 0.3 is 0 Å². The van der Waals surface area contributed by atoms with Gasteiger partial charge in [-0.2, -0.15) is 0 Å². The quantitative estimate of drug-likeness (QED) is 0.546. The molecule has 8 heteroatoms. The maximum atomic E-state index is 12.6. The number of ether oxygens (including phenoxy) is 1. The molecule has 0 bridgehead atoms. The molecule has 1 aromatic rings. The fraction of sp³-hybridized carbons (Fsp3) is 0.739. The molecule has 2 fully saturated rings. The monoisotopic (exact) mass is 466 g/mol. The van der Waals surface area contributed by atoms with E-state index in [0.29, 0.717) is 16.9 Å². The van der Waals surface area contributed by atoms with Gasteiger partial charge in [0.1, 0.15) is 0 Å². The van der Waals surface area contributed by atoms with Crippen molar-refractivity contribution >= 4 is 34.6 Å². The van der Waals surface area contributed by atoms with Gasteiger partial charge in [0.25, 0.3) is 0 Å². The first kappa shape index (κ1) is 24.4. The van der Waals surface area contributed by atoms with Crippen molar-refractivity contribution in [1.82, 2.24) is 20.4 Å². The molecule has 2 aliphatic rings. The second kappa shape index (κ2) is 12.7. The van der Waals surface area contributed by atoms with Crippen molar-refractivity contribution in [2.45, 2.75) is 52.1 Å². The van der Waals surface area contributed by atoms with Gasteiger partial charge in [-0.25, -0.2) is 0 Å². The van der Waals surface area contributed by atoms with E-state index in [4.69, 9.17) is 17.0 Å². The summed E-state index contributed by atoms with van der Waals surface area (Å²) in [6, 6.07) is 4.49. The summed E-state index contributed by atoms with van der Waals surface area (Å²) in [5.41, 5.74) is 0. The molecule has 3 rings (SSSR count). The lowest BCUT2D eigenvalue weighted by Crippen LogP contribution is -2.49. The Morgan fingerprint density at radius 1 is 1.32 bits per heavy atom. The van der Waals surface area contributed by atoms with Crippen molar-refractivity contribution in [2.75, 3.05) is 45.9 Å². The molecular weight excluding hydrogens is 428 g/mol. The fourth-order valence-electron chi connectivity index (χ4n) is 4.46. The molecule has 3 atom stereocenters. The van der Waals surface area contributed by atoms with Crippen molar-refractivity contribution < 1.29 is 9.53 Å². The number of carbonyl (C=O) groups is 1. The van der Waals surface area contributed by atoms with E-state index in [2.05, 4.69) is 51.8 Å². The third-order valence-corrected chi connectivity index (χ3v) is 7.94. The van der Waals surface area contributed by atoms with E-state index in [9.17, 15) is 4.79 Å². The highest BCUT2D eigenvalue weighted by Crippen LogP contribution is 2.29. The van der Waals surface area contributed by atoms with Gasteiger partial charge in [0, 0.05) is 37.1 Å². The molecule has 2 heterocycles. The number of hydrogen-bond acceptors (Lipinski definition) is 5. The third kappa shape index (κ3) is 8.00. The molecule has 174 valence electrons. The van der Waals surface area contributed by atoms with Crippen LogP contribution in [0.3, 0.4) is 0 Å². The average Bonchev–Trinajstić information content (AvgIpc) is 3.28. The number of thiophene rings is 1. The van der Waals surface area contributed by atoms with Gasteiger partial charge < -0.3 is 20.3 Å². The summed E-state index contributed by atoms with van der Waals surface area (Å²) >= 11 is 7.43. The number of carbonyl (C=O) groups excluding carboxylic acids is 1. The summed E-state index contributed by atoms with van der Waals surface area (Å²) in [6.07, 6.45) is 4.57. The summed E-state index contributed by atoms with van der Waals surface area (Å²) in [7, 11) is 0. The third-order valence-electron chi connectivity index (χ3n) is 6.67. The molecule has 1 aromatic heterocycles. The number of hydrogen-bond donors (Lipinski definition) is 2. The van der Waals surface area contributed by atoms with Gasteiger partial charge in [-0.15, -0.1) is 11.3 Å². The van der Waals surface area contributed by atoms with Crippen molar-refractivity contribution in [1.29, 1.82) is 0 Å². The predicted molar refractivity (Wildman–Crippen MR) is 131 cm³/mol. The molecule has 1 saturated heterocycles.